The van der Waals surface area contributed by atoms with Crippen molar-refractivity contribution in [3.63, 3.8) is 0 Å². The van der Waals surface area contributed by atoms with Gasteiger partial charge in [-0.15, -0.1) is 5.10 Å². The molecule has 169 valence electrons. The van der Waals surface area contributed by atoms with Crippen molar-refractivity contribution >= 4 is 28.7 Å². The largest absolute Gasteiger partial charge is 0.408 e. The average Bonchev–Trinajstić information content (AvgIpc) is 3.15. The number of alkyl halides is 3. The van der Waals surface area contributed by atoms with Gasteiger partial charge in [-0.2, -0.15) is 13.2 Å². The first-order valence-corrected chi connectivity index (χ1v) is 9.79. The zero-order chi connectivity index (χ0) is 22.7. The summed E-state index contributed by atoms with van der Waals surface area (Å²) in [5, 5.41) is 12.7. The first kappa shape index (κ1) is 21.7. The third-order valence-electron chi connectivity index (χ3n) is 4.67. The number of urea groups is 1. The van der Waals surface area contributed by atoms with E-state index in [-0.39, 0.29) is 23.5 Å². The van der Waals surface area contributed by atoms with E-state index in [9.17, 15) is 18.0 Å². The van der Waals surface area contributed by atoms with Crippen LogP contribution in [0.4, 0.5) is 29.5 Å². The fourth-order valence-electron chi connectivity index (χ4n) is 3.23. The summed E-state index contributed by atoms with van der Waals surface area (Å²) in [7, 11) is 0. The topological polar surface area (TPSA) is 110 Å². The monoisotopic (exact) mass is 449 g/mol. The summed E-state index contributed by atoms with van der Waals surface area (Å²) in [4.78, 5) is 22.4. The van der Waals surface area contributed by atoms with E-state index in [1.54, 1.807) is 24.3 Å². The summed E-state index contributed by atoms with van der Waals surface area (Å²) >= 11 is 0. The summed E-state index contributed by atoms with van der Waals surface area (Å²) in [6.45, 7) is 4.42. The van der Waals surface area contributed by atoms with Crippen molar-refractivity contribution in [2.45, 2.75) is 12.7 Å². The van der Waals surface area contributed by atoms with Crippen molar-refractivity contribution in [3.05, 3.63) is 31.2 Å². The second-order valence-corrected chi connectivity index (χ2v) is 6.96. The quantitative estimate of drug-likeness (QED) is 0.615. The maximum atomic E-state index is 13.0. The molecule has 1 aromatic carbocycles. The summed E-state index contributed by atoms with van der Waals surface area (Å²) in [5.74, 6) is 0.622. The van der Waals surface area contributed by atoms with Crippen LogP contribution in [-0.2, 0) is 11.3 Å². The Bertz CT molecular complexity index is 1090. The molecule has 3 aromatic rings. The van der Waals surface area contributed by atoms with Gasteiger partial charge in [-0.05, 0) is 31.2 Å². The van der Waals surface area contributed by atoms with E-state index in [0.717, 1.165) is 4.68 Å². The fraction of sp³-hybridized carbons (Fsp3) is 0.368. The lowest BCUT2D eigenvalue weighted by atomic mass is 10.2. The van der Waals surface area contributed by atoms with Crippen LogP contribution in [0.25, 0.3) is 22.6 Å². The smallest absolute Gasteiger partial charge is 0.378 e. The number of aromatic nitrogens is 5. The zero-order valence-corrected chi connectivity index (χ0v) is 16.9. The van der Waals surface area contributed by atoms with Gasteiger partial charge in [0.1, 0.15) is 6.54 Å². The summed E-state index contributed by atoms with van der Waals surface area (Å²) in [5.41, 5.74) is 1.27. The third-order valence-corrected chi connectivity index (χ3v) is 4.67. The minimum Gasteiger partial charge on any atom is -0.378 e. The number of anilines is 2. The Morgan fingerprint density at radius 1 is 1.16 bits per heavy atom. The number of carbonyl (C=O) groups excluding carboxylic acids is 1. The van der Waals surface area contributed by atoms with E-state index < -0.39 is 18.8 Å². The van der Waals surface area contributed by atoms with E-state index >= 15 is 0 Å². The van der Waals surface area contributed by atoms with Crippen LogP contribution >= 0.6 is 0 Å². The van der Waals surface area contributed by atoms with Crippen molar-refractivity contribution in [2.24, 2.45) is 0 Å². The second kappa shape index (κ2) is 8.94. The molecule has 0 unspecified atom stereocenters. The lowest BCUT2D eigenvalue weighted by Crippen LogP contribution is -2.37. The van der Waals surface area contributed by atoms with Crippen LogP contribution in [0.1, 0.15) is 0 Å². The van der Waals surface area contributed by atoms with Crippen LogP contribution in [0, 0.1) is 6.92 Å². The molecule has 10 nitrogen and oxygen atoms in total. The average molecular weight is 449 g/mol. The van der Waals surface area contributed by atoms with Gasteiger partial charge in [-0.3, -0.25) is 0 Å². The number of carbonyl (C=O) groups is 1. The second-order valence-electron chi connectivity index (χ2n) is 6.96. The molecule has 0 saturated carbocycles. The highest BCUT2D eigenvalue weighted by Crippen LogP contribution is 2.28. The molecule has 1 radical (unpaired) electrons. The summed E-state index contributed by atoms with van der Waals surface area (Å²) in [6.07, 6.45) is -4.48. The molecular formula is C19H20F3N8O2. The molecule has 4 rings (SSSR count). The standard InChI is InChI=1S/C19H20F3N8O2/c1-2-23-18(31)24-13-5-3-12(4-6-13)15-25-16(29-7-9-32-10-8-29)14-17(26-15)30(28-27-14)11-19(20,21)22/h3-6H,1-2,7-11H2,(H2,23,24,31). The Balaban J connectivity index is 1.73. The summed E-state index contributed by atoms with van der Waals surface area (Å²) in [6, 6.07) is 6.22. The Kier molecular flexibility index (Phi) is 6.08. The van der Waals surface area contributed by atoms with Gasteiger partial charge in [0, 0.05) is 30.9 Å². The molecule has 3 heterocycles. The van der Waals surface area contributed by atoms with Crippen LogP contribution in [0.15, 0.2) is 24.3 Å². The van der Waals surface area contributed by atoms with Crippen LogP contribution in [0.5, 0.6) is 0 Å². The molecular weight excluding hydrogens is 429 g/mol. The molecule has 1 aliphatic rings. The van der Waals surface area contributed by atoms with Gasteiger partial charge in [0.05, 0.1) is 13.2 Å². The third kappa shape index (κ3) is 4.88. The molecule has 1 saturated heterocycles. The number of fused-ring (bicyclic) bond motifs is 1. The number of hydrogen-bond donors (Lipinski definition) is 2. The highest BCUT2D eigenvalue weighted by atomic mass is 19.4. The van der Waals surface area contributed by atoms with Gasteiger partial charge < -0.3 is 20.3 Å². The van der Waals surface area contributed by atoms with Crippen molar-refractivity contribution < 1.29 is 22.7 Å². The number of nitrogens with one attached hydrogen (secondary N) is 2. The van der Waals surface area contributed by atoms with Crippen LogP contribution < -0.4 is 15.5 Å². The Morgan fingerprint density at radius 2 is 1.88 bits per heavy atom. The molecule has 2 N–H and O–H groups in total. The molecule has 13 heteroatoms. The van der Waals surface area contributed by atoms with Gasteiger partial charge in [0.2, 0.25) is 0 Å². The van der Waals surface area contributed by atoms with E-state index in [4.69, 9.17) is 4.74 Å². The van der Waals surface area contributed by atoms with Gasteiger partial charge >= 0.3 is 12.2 Å². The Hall–Kier alpha value is -3.48. The number of halogens is 3. The lowest BCUT2D eigenvalue weighted by Gasteiger charge is -2.28. The van der Waals surface area contributed by atoms with Crippen molar-refractivity contribution in [3.8, 4) is 11.4 Å². The van der Waals surface area contributed by atoms with Crippen LogP contribution in [-0.4, -0.2) is 70.0 Å². The molecule has 1 aliphatic heterocycles. The maximum Gasteiger partial charge on any atom is 0.408 e. The molecule has 0 aliphatic carbocycles. The molecule has 0 bridgehead atoms. The zero-order valence-electron chi connectivity index (χ0n) is 16.9. The predicted octanol–water partition coefficient (Wildman–Crippen LogP) is 2.24. The van der Waals surface area contributed by atoms with Gasteiger partial charge in [-0.25, -0.2) is 19.4 Å². The molecule has 32 heavy (non-hydrogen) atoms. The van der Waals surface area contributed by atoms with E-state index in [1.807, 2.05) is 4.90 Å². The molecule has 2 aromatic heterocycles. The number of ether oxygens (including phenoxy) is 1. The molecule has 0 atom stereocenters. The van der Waals surface area contributed by atoms with Crippen molar-refractivity contribution in [2.75, 3.05) is 43.1 Å². The first-order chi connectivity index (χ1) is 15.3. The minimum atomic E-state index is -4.48. The minimum absolute atomic E-state index is 0.00848. The first-order valence-electron chi connectivity index (χ1n) is 9.79. The number of hydrogen-bond acceptors (Lipinski definition) is 7. The highest BCUT2D eigenvalue weighted by molar-refractivity contribution is 5.89. The van der Waals surface area contributed by atoms with Gasteiger partial charge in [0.25, 0.3) is 0 Å². The number of rotatable bonds is 5. The predicted molar refractivity (Wildman–Crippen MR) is 110 cm³/mol. The molecule has 1 fully saturated rings. The van der Waals surface area contributed by atoms with Gasteiger partial charge in [-0.1, -0.05) is 5.21 Å². The highest BCUT2D eigenvalue weighted by Gasteiger charge is 2.31. The summed E-state index contributed by atoms with van der Waals surface area (Å²) < 4.78 is 45.2. The number of morpholine rings is 1. The normalized spacial score (nSPS) is 14.6. The number of nitrogens with zero attached hydrogens (tertiary/aromatic N) is 6. The Morgan fingerprint density at radius 3 is 2.53 bits per heavy atom. The Labute approximate surface area is 180 Å². The SMILES string of the molecule is [CH2]CNC(=O)Nc1ccc(-c2nc(N3CCOCC3)c3nnn(CC(F)(F)F)c3n2)cc1. The van der Waals surface area contributed by atoms with E-state index in [0.29, 0.717) is 43.4 Å². The van der Waals surface area contributed by atoms with Crippen LogP contribution in [0.3, 0.4) is 0 Å². The lowest BCUT2D eigenvalue weighted by molar-refractivity contribution is -0.142. The van der Waals surface area contributed by atoms with E-state index in [2.05, 4.69) is 37.8 Å². The molecule has 2 amide bonds. The van der Waals surface area contributed by atoms with Crippen molar-refractivity contribution in [1.29, 1.82) is 0 Å². The molecule has 0 spiro atoms. The van der Waals surface area contributed by atoms with Gasteiger partial charge in [0.15, 0.2) is 22.8 Å². The van der Waals surface area contributed by atoms with E-state index in [1.165, 1.54) is 0 Å². The number of amides is 2. The fourth-order valence-corrected chi connectivity index (χ4v) is 3.23. The van der Waals surface area contributed by atoms with Crippen LogP contribution in [0.2, 0.25) is 0 Å². The number of benzene rings is 1. The van der Waals surface area contributed by atoms with Crippen molar-refractivity contribution in [1.82, 2.24) is 30.3 Å². The maximum absolute atomic E-state index is 13.0.